The summed E-state index contributed by atoms with van der Waals surface area (Å²) in [5.41, 5.74) is -1.72. The molecule has 18 heteroatoms. The van der Waals surface area contributed by atoms with Crippen LogP contribution in [0.2, 0.25) is 0 Å². The summed E-state index contributed by atoms with van der Waals surface area (Å²) in [6, 6.07) is 0. The predicted octanol–water partition coefficient (Wildman–Crippen LogP) is -2.94. The van der Waals surface area contributed by atoms with Crippen LogP contribution >= 0.6 is 0 Å². The van der Waals surface area contributed by atoms with E-state index >= 15 is 0 Å². The molecule has 7 rings (SSSR count). The van der Waals surface area contributed by atoms with Gasteiger partial charge in [-0.15, -0.1) is 0 Å². The Labute approximate surface area is 324 Å². The minimum Gasteiger partial charge on any atom is -0.432 e. The Bertz CT molecular complexity index is 1450. The third kappa shape index (κ3) is 6.69. The van der Waals surface area contributed by atoms with Gasteiger partial charge in [0.25, 0.3) is 0 Å². The van der Waals surface area contributed by atoms with Crippen molar-refractivity contribution < 1.29 is 89.4 Å². The van der Waals surface area contributed by atoms with Gasteiger partial charge in [-0.05, 0) is 86.5 Å². The minimum absolute atomic E-state index is 0.116. The maximum absolute atomic E-state index is 14.1. The zero-order valence-corrected chi connectivity index (χ0v) is 31.8. The molecule has 21 atom stereocenters. The van der Waals surface area contributed by atoms with Crippen LogP contribution in [-0.4, -0.2) is 180 Å². The van der Waals surface area contributed by atoms with E-state index < -0.39 is 129 Å². The summed E-state index contributed by atoms with van der Waals surface area (Å²) in [6.45, 7) is 6.50. The lowest BCUT2D eigenvalue weighted by Crippen LogP contribution is -2.65. The average molecular weight is 805 g/mol. The van der Waals surface area contributed by atoms with E-state index in [1.54, 1.807) is 0 Å². The van der Waals surface area contributed by atoms with Gasteiger partial charge in [0.15, 0.2) is 12.6 Å². The maximum atomic E-state index is 14.1. The molecule has 320 valence electrons. The molecule has 1 spiro atoms. The molecule has 0 aromatic rings. The lowest BCUT2D eigenvalue weighted by molar-refractivity contribution is -0.369. The number of fused-ring (bicyclic) bond motifs is 3. The van der Waals surface area contributed by atoms with Crippen LogP contribution in [0.3, 0.4) is 0 Å². The van der Waals surface area contributed by atoms with E-state index in [1.165, 1.54) is 0 Å². The molecule has 56 heavy (non-hydrogen) atoms. The fraction of sp³-hybridized carbons (Fsp3) is 0.921. The third-order valence-electron chi connectivity index (χ3n) is 15.0. The molecule has 3 saturated heterocycles. The van der Waals surface area contributed by atoms with E-state index in [1.807, 2.05) is 6.92 Å². The quantitative estimate of drug-likeness (QED) is 0.0631. The smallest absolute Gasteiger partial charge is 0.314 e. The Hall–Kier alpha value is -1.43. The molecule has 0 aromatic carbocycles. The highest BCUT2D eigenvalue weighted by atomic mass is 16.7. The molecule has 0 amide bonds. The van der Waals surface area contributed by atoms with Gasteiger partial charge in [-0.3, -0.25) is 4.79 Å². The highest BCUT2D eigenvalue weighted by molar-refractivity contribution is 5.77. The lowest BCUT2D eigenvalue weighted by Gasteiger charge is -2.64. The number of hydrogen-bond donors (Lipinski definition) is 11. The van der Waals surface area contributed by atoms with Crippen LogP contribution in [0.5, 0.6) is 0 Å². The largest absolute Gasteiger partial charge is 0.432 e. The van der Waals surface area contributed by atoms with Gasteiger partial charge >= 0.3 is 5.97 Å². The predicted molar refractivity (Wildman–Crippen MR) is 186 cm³/mol. The number of hydrogen-bond acceptors (Lipinski definition) is 18. The molecular formula is C38H60O18. The van der Waals surface area contributed by atoms with Crippen molar-refractivity contribution in [2.75, 3.05) is 19.8 Å². The van der Waals surface area contributed by atoms with Crippen molar-refractivity contribution in [2.45, 2.75) is 169 Å². The van der Waals surface area contributed by atoms with Crippen LogP contribution in [0.4, 0.5) is 0 Å². The number of esters is 1. The summed E-state index contributed by atoms with van der Waals surface area (Å²) in [4.78, 5) is 14.1. The molecule has 0 aromatic heterocycles. The van der Waals surface area contributed by atoms with E-state index in [-0.39, 0.29) is 22.7 Å². The number of ether oxygens (including phenoxy) is 6. The molecule has 2 bridgehead atoms. The second kappa shape index (κ2) is 15.6. The molecule has 11 N–H and O–H groups in total. The topological polar surface area (TPSA) is 295 Å². The SMILES string of the molecule is C=C1C[C@@]23CCC4[C@](C)(C(=O)OC5OC(CO)C(O)C(O)C5O)CCC[C@@]4(C)[C@@H]2CCC1(OC1OC(CO)C(O)C(OC2OC(CO)C(O)C(O)C2O)C1O)C3. The maximum Gasteiger partial charge on any atom is 0.314 e. The number of carbonyl (C=O) groups excluding carboxylic acids is 1. The normalized spacial score (nSPS) is 54.6. The van der Waals surface area contributed by atoms with Crippen molar-refractivity contribution >= 4 is 5.97 Å². The fourth-order valence-electron chi connectivity index (χ4n) is 12.0. The van der Waals surface area contributed by atoms with Gasteiger partial charge in [0.1, 0.15) is 73.2 Å². The molecule has 3 aliphatic heterocycles. The van der Waals surface area contributed by atoms with E-state index in [4.69, 9.17) is 28.4 Å². The van der Waals surface area contributed by atoms with Gasteiger partial charge < -0.3 is 84.6 Å². The van der Waals surface area contributed by atoms with Crippen LogP contribution in [0.15, 0.2) is 12.2 Å². The summed E-state index contributed by atoms with van der Waals surface area (Å²) in [5.74, 6) is -0.562. The molecule has 18 nitrogen and oxygen atoms in total. The molecule has 7 fully saturated rings. The Balaban J connectivity index is 1.07. The van der Waals surface area contributed by atoms with E-state index in [0.717, 1.165) is 24.8 Å². The summed E-state index contributed by atoms with van der Waals surface area (Å²) in [5, 5.41) is 114. The van der Waals surface area contributed by atoms with Gasteiger partial charge in [-0.25, -0.2) is 0 Å². The van der Waals surface area contributed by atoms with E-state index in [9.17, 15) is 61.0 Å². The molecular weight excluding hydrogens is 744 g/mol. The Kier molecular flexibility index (Phi) is 11.9. The third-order valence-corrected chi connectivity index (χ3v) is 15.0. The first-order valence-corrected chi connectivity index (χ1v) is 19.9. The van der Waals surface area contributed by atoms with Crippen LogP contribution in [-0.2, 0) is 33.2 Å². The van der Waals surface area contributed by atoms with E-state index in [2.05, 4.69) is 13.5 Å². The molecule has 3 heterocycles. The molecule has 7 aliphatic rings. The zero-order valence-electron chi connectivity index (χ0n) is 31.8. The summed E-state index contributed by atoms with van der Waals surface area (Å²) < 4.78 is 35.1. The summed E-state index contributed by atoms with van der Waals surface area (Å²) in [7, 11) is 0. The first-order valence-electron chi connectivity index (χ1n) is 19.9. The number of aliphatic hydroxyl groups is 11. The molecule has 0 radical (unpaired) electrons. The van der Waals surface area contributed by atoms with Gasteiger partial charge in [0.05, 0.1) is 30.8 Å². The summed E-state index contributed by atoms with van der Waals surface area (Å²) >= 11 is 0. The second-order valence-corrected chi connectivity index (χ2v) is 18.0. The highest BCUT2D eigenvalue weighted by Crippen LogP contribution is 2.73. The monoisotopic (exact) mass is 804 g/mol. The number of aliphatic hydroxyl groups excluding tert-OH is 11. The van der Waals surface area contributed by atoms with Crippen molar-refractivity contribution in [1.82, 2.24) is 0 Å². The van der Waals surface area contributed by atoms with Gasteiger partial charge in [-0.1, -0.05) is 19.9 Å². The Morgan fingerprint density at radius 3 is 1.86 bits per heavy atom. The van der Waals surface area contributed by atoms with Crippen LogP contribution in [0.1, 0.15) is 71.6 Å². The number of rotatable bonds is 9. The van der Waals surface area contributed by atoms with Crippen LogP contribution in [0, 0.1) is 28.1 Å². The summed E-state index contributed by atoms with van der Waals surface area (Å²) in [6.07, 6.45) is -17.7. The highest BCUT2D eigenvalue weighted by Gasteiger charge is 2.69. The van der Waals surface area contributed by atoms with Crippen molar-refractivity contribution in [3.63, 3.8) is 0 Å². The van der Waals surface area contributed by atoms with E-state index in [0.29, 0.717) is 38.5 Å². The second-order valence-electron chi connectivity index (χ2n) is 18.0. The number of carbonyl (C=O) groups is 1. The van der Waals surface area contributed by atoms with Crippen molar-refractivity contribution in [3.05, 3.63) is 12.2 Å². The zero-order chi connectivity index (χ0) is 40.7. The van der Waals surface area contributed by atoms with Gasteiger partial charge in [0, 0.05) is 0 Å². The molecule has 4 saturated carbocycles. The Morgan fingerprint density at radius 2 is 1.23 bits per heavy atom. The first-order chi connectivity index (χ1) is 26.4. The first kappa shape index (κ1) is 42.7. The standard InChI is InChI=1S/C38H60O18/c1-16-11-37-9-5-20-35(2,7-4-8-36(20,3)34(50)55-32-28(48)26(46)23(43)18(13-40)52-32)21(37)6-10-38(16,15-37)56-33-29(49)30(24(44)19(14-41)53-33)54-31-27(47)25(45)22(42)17(12-39)51-31/h17-33,39-49H,1,4-15H2,2-3H3/t17?,18?,19?,20?,21-,22?,23?,24?,25?,26?,27?,28?,29?,30?,31?,32?,33?,35+,36+,37+,38?/m0/s1. The van der Waals surface area contributed by atoms with Crippen molar-refractivity contribution in [3.8, 4) is 0 Å². The fourth-order valence-corrected chi connectivity index (χ4v) is 12.0. The van der Waals surface area contributed by atoms with Gasteiger partial charge in [-0.2, -0.15) is 0 Å². The van der Waals surface area contributed by atoms with Crippen LogP contribution in [0.25, 0.3) is 0 Å². The van der Waals surface area contributed by atoms with Gasteiger partial charge in [0.2, 0.25) is 6.29 Å². The molecule has 4 aliphatic carbocycles. The molecule has 17 unspecified atom stereocenters. The Morgan fingerprint density at radius 1 is 0.679 bits per heavy atom. The lowest BCUT2D eigenvalue weighted by atomic mass is 9.41. The van der Waals surface area contributed by atoms with Crippen LogP contribution < -0.4 is 0 Å². The minimum atomic E-state index is -1.81. The van der Waals surface area contributed by atoms with Crippen molar-refractivity contribution in [1.29, 1.82) is 0 Å². The van der Waals surface area contributed by atoms with Crippen molar-refractivity contribution in [2.24, 2.45) is 28.1 Å². The average Bonchev–Trinajstić information content (AvgIpc) is 3.37.